The first-order valence-electron chi connectivity index (χ1n) is 8.56. The lowest BCUT2D eigenvalue weighted by atomic mass is 9.91. The van der Waals surface area contributed by atoms with Gasteiger partial charge in [-0.2, -0.15) is 18.4 Å². The van der Waals surface area contributed by atoms with Crippen LogP contribution >= 0.6 is 11.6 Å². The van der Waals surface area contributed by atoms with Crippen molar-refractivity contribution in [2.75, 3.05) is 5.32 Å². The van der Waals surface area contributed by atoms with Crippen LogP contribution in [0.1, 0.15) is 35.1 Å². The molecule has 0 saturated carbocycles. The van der Waals surface area contributed by atoms with Crippen LogP contribution in [0.15, 0.2) is 29.4 Å². The Morgan fingerprint density at radius 1 is 1.45 bits per heavy atom. The highest BCUT2D eigenvalue weighted by atomic mass is 35.5. The number of aromatic nitrogens is 2. The molecule has 0 radical (unpaired) electrons. The number of nitriles is 1. The van der Waals surface area contributed by atoms with Crippen LogP contribution in [0.25, 0.3) is 0 Å². The van der Waals surface area contributed by atoms with E-state index in [-0.39, 0.29) is 22.1 Å². The van der Waals surface area contributed by atoms with Gasteiger partial charge in [0, 0.05) is 12.6 Å². The van der Waals surface area contributed by atoms with Crippen LogP contribution < -0.4 is 11.1 Å². The molecule has 0 bridgehead atoms. The number of ether oxygens (including phenoxy) is 1. The van der Waals surface area contributed by atoms with Crippen molar-refractivity contribution in [3.63, 3.8) is 0 Å². The van der Waals surface area contributed by atoms with E-state index in [1.807, 2.05) is 6.07 Å². The Morgan fingerprint density at radius 3 is 2.77 bits per heavy atom. The molecule has 2 aromatic rings. The molecule has 8 nitrogen and oxygen atoms in total. The molecule has 3 heterocycles. The number of pyridine rings is 2. The fraction of sp³-hybridized carbons (Fsp3) is 0.278. The van der Waals surface area contributed by atoms with Gasteiger partial charge in [-0.15, -0.1) is 0 Å². The predicted octanol–water partition coefficient (Wildman–Crippen LogP) is 3.27. The lowest BCUT2D eigenvalue weighted by Crippen LogP contribution is -2.46. The van der Waals surface area contributed by atoms with Crippen molar-refractivity contribution >= 4 is 29.3 Å². The van der Waals surface area contributed by atoms with Crippen LogP contribution in [-0.4, -0.2) is 34.1 Å². The van der Waals surface area contributed by atoms with Gasteiger partial charge in [-0.05, 0) is 25.1 Å². The molecular formula is C18H13ClF4N6O2. The number of nitrogens with zero attached hydrogens (tertiary/aromatic N) is 4. The molecular weight excluding hydrogens is 444 g/mol. The maximum Gasteiger partial charge on any atom is 0.411 e. The second kappa shape index (κ2) is 7.99. The first kappa shape index (κ1) is 22.2. The maximum absolute atomic E-state index is 14.5. The van der Waals surface area contributed by atoms with E-state index < -0.39 is 47.7 Å². The van der Waals surface area contributed by atoms with Crippen LogP contribution in [0.4, 0.5) is 23.4 Å². The SMILES string of the molecule is C[C@@]1(c2nc(NC(=O)c3ncc(C#N)cc3Cl)ccc2F)C[C@@H](C(F)(F)F)N=C(N)O1. The number of rotatable bonds is 3. The summed E-state index contributed by atoms with van der Waals surface area (Å²) in [5.41, 5.74) is 2.87. The summed E-state index contributed by atoms with van der Waals surface area (Å²) in [5, 5.41) is 11.0. The molecule has 1 aliphatic heterocycles. The minimum absolute atomic E-state index is 0.113. The second-order valence-corrected chi connectivity index (χ2v) is 7.12. The maximum atomic E-state index is 14.5. The Morgan fingerprint density at radius 2 is 2.16 bits per heavy atom. The zero-order valence-electron chi connectivity index (χ0n) is 15.7. The number of nitrogens with one attached hydrogen (secondary N) is 1. The summed E-state index contributed by atoms with van der Waals surface area (Å²) >= 11 is 5.94. The molecule has 3 N–H and O–H groups in total. The molecule has 162 valence electrons. The summed E-state index contributed by atoms with van der Waals surface area (Å²) in [7, 11) is 0. The molecule has 3 rings (SSSR count). The van der Waals surface area contributed by atoms with E-state index in [9.17, 15) is 22.4 Å². The Bertz CT molecular complexity index is 1120. The lowest BCUT2D eigenvalue weighted by Gasteiger charge is -2.36. The summed E-state index contributed by atoms with van der Waals surface area (Å²) in [6.07, 6.45) is -4.38. The second-order valence-electron chi connectivity index (χ2n) is 6.71. The van der Waals surface area contributed by atoms with E-state index in [4.69, 9.17) is 27.3 Å². The number of aliphatic imine (C=N–C) groups is 1. The Balaban J connectivity index is 1.91. The van der Waals surface area contributed by atoms with Gasteiger partial charge < -0.3 is 15.8 Å². The van der Waals surface area contributed by atoms with Crippen molar-refractivity contribution in [2.45, 2.75) is 31.2 Å². The first-order chi connectivity index (χ1) is 14.4. The van der Waals surface area contributed by atoms with Gasteiger partial charge in [-0.1, -0.05) is 11.6 Å². The molecule has 13 heteroatoms. The van der Waals surface area contributed by atoms with Crippen molar-refractivity contribution in [2.24, 2.45) is 10.7 Å². The van der Waals surface area contributed by atoms with E-state index in [1.54, 1.807) is 0 Å². The Kier molecular flexibility index (Phi) is 5.73. The fourth-order valence-electron chi connectivity index (χ4n) is 2.93. The fourth-order valence-corrected chi connectivity index (χ4v) is 3.18. The van der Waals surface area contributed by atoms with E-state index in [2.05, 4.69) is 20.3 Å². The van der Waals surface area contributed by atoms with Crippen LogP contribution in [0, 0.1) is 17.1 Å². The van der Waals surface area contributed by atoms with Crippen molar-refractivity contribution < 1.29 is 27.1 Å². The van der Waals surface area contributed by atoms with E-state index in [1.165, 1.54) is 13.0 Å². The number of carbonyl (C=O) groups excluding carboxylic acids is 1. The smallest absolute Gasteiger partial charge is 0.411 e. The quantitative estimate of drug-likeness (QED) is 0.682. The molecule has 0 aromatic carbocycles. The zero-order chi connectivity index (χ0) is 23.0. The van der Waals surface area contributed by atoms with Crippen molar-refractivity contribution in [3.8, 4) is 6.07 Å². The van der Waals surface area contributed by atoms with E-state index in [0.717, 1.165) is 18.3 Å². The molecule has 1 aliphatic rings. The average Bonchev–Trinajstić information content (AvgIpc) is 2.67. The number of hydrogen-bond donors (Lipinski definition) is 2. The van der Waals surface area contributed by atoms with Gasteiger partial charge in [0.15, 0.2) is 11.6 Å². The average molecular weight is 457 g/mol. The number of carbonyl (C=O) groups is 1. The summed E-state index contributed by atoms with van der Waals surface area (Å²) in [4.78, 5) is 23.3. The third-order valence-corrected chi connectivity index (χ3v) is 4.64. The molecule has 0 aliphatic carbocycles. The van der Waals surface area contributed by atoms with Gasteiger partial charge in [0.2, 0.25) is 0 Å². The molecule has 0 unspecified atom stereocenters. The number of amidine groups is 1. The molecule has 31 heavy (non-hydrogen) atoms. The molecule has 2 atom stereocenters. The van der Waals surface area contributed by atoms with Crippen molar-refractivity contribution in [3.05, 3.63) is 52.2 Å². The minimum Gasteiger partial charge on any atom is -0.452 e. The number of amides is 1. The third-order valence-electron chi connectivity index (χ3n) is 4.35. The van der Waals surface area contributed by atoms with Crippen molar-refractivity contribution in [1.29, 1.82) is 5.26 Å². The molecule has 0 saturated heterocycles. The largest absolute Gasteiger partial charge is 0.452 e. The number of alkyl halides is 3. The highest BCUT2D eigenvalue weighted by Crippen LogP contribution is 2.40. The third kappa shape index (κ3) is 4.66. The van der Waals surface area contributed by atoms with Gasteiger partial charge >= 0.3 is 6.18 Å². The van der Waals surface area contributed by atoms with E-state index >= 15 is 0 Å². The molecule has 2 aromatic heterocycles. The van der Waals surface area contributed by atoms with Crippen LogP contribution in [0.5, 0.6) is 0 Å². The summed E-state index contributed by atoms with van der Waals surface area (Å²) in [5.74, 6) is -1.99. The van der Waals surface area contributed by atoms with Crippen LogP contribution in [-0.2, 0) is 10.3 Å². The van der Waals surface area contributed by atoms with Crippen LogP contribution in [0.2, 0.25) is 5.02 Å². The van der Waals surface area contributed by atoms with Gasteiger partial charge in [-0.25, -0.2) is 19.4 Å². The van der Waals surface area contributed by atoms with Gasteiger partial charge in [-0.3, -0.25) is 4.79 Å². The monoisotopic (exact) mass is 456 g/mol. The number of hydrogen-bond acceptors (Lipinski definition) is 7. The highest BCUT2D eigenvalue weighted by Gasteiger charge is 2.50. The Hall–Kier alpha value is -3.46. The van der Waals surface area contributed by atoms with E-state index in [0.29, 0.717) is 0 Å². The van der Waals surface area contributed by atoms with Crippen molar-refractivity contribution in [1.82, 2.24) is 9.97 Å². The summed E-state index contributed by atoms with van der Waals surface area (Å²) in [6.45, 7) is 1.18. The number of nitrogens with two attached hydrogens (primary N) is 1. The summed E-state index contributed by atoms with van der Waals surface area (Å²) in [6, 6.07) is 2.06. The standard InChI is InChI=1S/C18H13ClF4N6O2/c1-17(5-11(18(21,22)23)27-16(25)31-17)14-10(20)2-3-12(28-14)29-15(30)13-9(19)4-8(6-24)7-26-13/h2-4,7,11H,5H2,1H3,(H2,25,27)(H,28,29,30)/t11-,17-/m0/s1. The van der Waals surface area contributed by atoms with Gasteiger partial charge in [0.05, 0.1) is 10.6 Å². The topological polar surface area (TPSA) is 126 Å². The normalized spacial score (nSPS) is 20.9. The highest BCUT2D eigenvalue weighted by molar-refractivity contribution is 6.34. The van der Waals surface area contributed by atoms with Crippen LogP contribution in [0.3, 0.4) is 0 Å². The summed E-state index contributed by atoms with van der Waals surface area (Å²) < 4.78 is 59.2. The van der Waals surface area contributed by atoms with Gasteiger partial charge in [0.1, 0.15) is 29.1 Å². The lowest BCUT2D eigenvalue weighted by molar-refractivity contribution is -0.164. The zero-order valence-corrected chi connectivity index (χ0v) is 16.4. The minimum atomic E-state index is -4.73. The molecule has 0 fully saturated rings. The molecule has 1 amide bonds. The predicted molar refractivity (Wildman–Crippen MR) is 101 cm³/mol. The van der Waals surface area contributed by atoms with Gasteiger partial charge in [0.25, 0.3) is 11.9 Å². The number of anilines is 1. The number of halogens is 5. The first-order valence-corrected chi connectivity index (χ1v) is 8.94. The molecule has 0 spiro atoms. The Labute approximate surface area is 177 Å².